The molecule has 1 aromatic rings. The van der Waals surface area contributed by atoms with Crippen molar-refractivity contribution in [1.29, 1.82) is 0 Å². The van der Waals surface area contributed by atoms with Gasteiger partial charge in [-0.3, -0.25) is 0 Å². The molecule has 0 aliphatic carbocycles. The van der Waals surface area contributed by atoms with Gasteiger partial charge in [-0.1, -0.05) is 0 Å². The fraction of sp³-hybridized carbons (Fsp3) is 0.579. The molecule has 2 saturated heterocycles. The predicted octanol–water partition coefficient (Wildman–Crippen LogP) is 2.92. The molecule has 1 aromatic carbocycles. The summed E-state index contributed by atoms with van der Waals surface area (Å²) in [6.07, 6.45) is -0.227. The van der Waals surface area contributed by atoms with E-state index in [1.165, 1.54) is 0 Å². The number of rotatable bonds is 3. The molecule has 136 valence electrons. The number of likely N-dealkylation sites (tertiary alicyclic amines) is 1. The van der Waals surface area contributed by atoms with Crippen molar-refractivity contribution in [1.82, 2.24) is 4.90 Å². The number of esters is 1. The minimum Gasteiger partial charge on any atom is -0.462 e. The van der Waals surface area contributed by atoms with E-state index in [-0.39, 0.29) is 17.5 Å². The van der Waals surface area contributed by atoms with Gasteiger partial charge in [0.2, 0.25) is 0 Å². The molecule has 0 aromatic heterocycles. The van der Waals surface area contributed by atoms with Gasteiger partial charge in [0, 0.05) is 37.3 Å². The highest BCUT2D eigenvalue weighted by molar-refractivity contribution is 5.89. The number of hydrogen-bond donors (Lipinski definition) is 0. The lowest BCUT2D eigenvalue weighted by Gasteiger charge is -2.60. The minimum absolute atomic E-state index is 0.191. The van der Waals surface area contributed by atoms with Gasteiger partial charge < -0.3 is 19.3 Å². The lowest BCUT2D eigenvalue weighted by Crippen LogP contribution is -2.73. The van der Waals surface area contributed by atoms with Crippen LogP contribution in [0.5, 0.6) is 0 Å². The Kier molecular flexibility index (Phi) is 4.39. The van der Waals surface area contributed by atoms with Gasteiger partial charge in [0.1, 0.15) is 5.60 Å². The highest BCUT2D eigenvalue weighted by atomic mass is 16.6. The van der Waals surface area contributed by atoms with Crippen LogP contribution in [0.4, 0.5) is 10.5 Å². The quantitative estimate of drug-likeness (QED) is 0.788. The van der Waals surface area contributed by atoms with Crippen LogP contribution in [-0.4, -0.2) is 55.3 Å². The molecule has 0 saturated carbocycles. The topological polar surface area (TPSA) is 59.1 Å². The molecule has 1 spiro atoms. The fourth-order valence-corrected chi connectivity index (χ4v) is 3.39. The van der Waals surface area contributed by atoms with Gasteiger partial charge in [-0.15, -0.1) is 0 Å². The van der Waals surface area contributed by atoms with Crippen LogP contribution in [0.3, 0.4) is 0 Å². The van der Waals surface area contributed by atoms with Crippen LogP contribution < -0.4 is 4.90 Å². The van der Waals surface area contributed by atoms with Crippen LogP contribution in [0, 0.1) is 5.41 Å². The maximum Gasteiger partial charge on any atom is 0.410 e. The fourth-order valence-electron chi connectivity index (χ4n) is 3.39. The third-order valence-corrected chi connectivity index (χ3v) is 4.50. The highest BCUT2D eigenvalue weighted by Gasteiger charge is 2.54. The maximum atomic E-state index is 12.0. The number of carbonyl (C=O) groups excluding carboxylic acids is 2. The Balaban J connectivity index is 1.49. The Morgan fingerprint density at radius 3 is 2.20 bits per heavy atom. The van der Waals surface area contributed by atoms with Crippen LogP contribution in [0.25, 0.3) is 0 Å². The van der Waals surface area contributed by atoms with E-state index < -0.39 is 5.60 Å². The average molecular weight is 346 g/mol. The number of hydrogen-bond acceptors (Lipinski definition) is 5. The normalized spacial score (nSPS) is 18.4. The molecule has 0 bridgehead atoms. The molecule has 3 rings (SSSR count). The summed E-state index contributed by atoms with van der Waals surface area (Å²) in [5.41, 5.74) is 1.40. The molecule has 0 unspecified atom stereocenters. The zero-order valence-electron chi connectivity index (χ0n) is 15.4. The van der Waals surface area contributed by atoms with E-state index in [0.717, 1.165) is 31.9 Å². The summed E-state index contributed by atoms with van der Waals surface area (Å²) in [4.78, 5) is 27.7. The van der Waals surface area contributed by atoms with E-state index in [9.17, 15) is 9.59 Å². The SMILES string of the molecule is CCOC(=O)c1ccc(N2CC3(CN(C(=O)OC(C)(C)C)C3)C2)cc1. The molecule has 2 heterocycles. The summed E-state index contributed by atoms with van der Waals surface area (Å²) in [6.45, 7) is 11.2. The number of carbonyl (C=O) groups is 2. The van der Waals surface area contributed by atoms with Crippen LogP contribution in [0.15, 0.2) is 24.3 Å². The summed E-state index contributed by atoms with van der Waals surface area (Å²) < 4.78 is 10.4. The summed E-state index contributed by atoms with van der Waals surface area (Å²) in [6, 6.07) is 7.49. The Morgan fingerprint density at radius 2 is 1.68 bits per heavy atom. The number of anilines is 1. The molecule has 2 fully saturated rings. The van der Waals surface area contributed by atoms with E-state index in [0.29, 0.717) is 12.2 Å². The number of amides is 1. The second kappa shape index (κ2) is 6.24. The molecule has 6 nitrogen and oxygen atoms in total. The van der Waals surface area contributed by atoms with Gasteiger partial charge in [-0.25, -0.2) is 9.59 Å². The van der Waals surface area contributed by atoms with Crippen molar-refractivity contribution in [2.45, 2.75) is 33.3 Å². The van der Waals surface area contributed by atoms with Crippen molar-refractivity contribution in [3.8, 4) is 0 Å². The largest absolute Gasteiger partial charge is 0.462 e. The predicted molar refractivity (Wildman–Crippen MR) is 94.9 cm³/mol. The standard InChI is InChI=1S/C19H26N2O4/c1-5-24-16(22)14-6-8-15(9-7-14)20-10-19(11-20)12-21(13-19)17(23)25-18(2,3)4/h6-9H,5,10-13H2,1-4H3. The highest BCUT2D eigenvalue weighted by Crippen LogP contribution is 2.42. The first kappa shape index (κ1) is 17.6. The first-order valence-electron chi connectivity index (χ1n) is 8.71. The molecule has 0 radical (unpaired) electrons. The van der Waals surface area contributed by atoms with Crippen LogP contribution in [0.2, 0.25) is 0 Å². The van der Waals surface area contributed by atoms with Crippen LogP contribution in [0.1, 0.15) is 38.1 Å². The second-order valence-electron chi connectivity index (χ2n) is 7.96. The first-order valence-corrected chi connectivity index (χ1v) is 8.71. The summed E-state index contributed by atoms with van der Waals surface area (Å²) >= 11 is 0. The van der Waals surface area contributed by atoms with Gasteiger partial charge in [0.25, 0.3) is 0 Å². The summed E-state index contributed by atoms with van der Waals surface area (Å²) in [7, 11) is 0. The molecule has 0 atom stereocenters. The average Bonchev–Trinajstić information content (AvgIpc) is 2.43. The van der Waals surface area contributed by atoms with Crippen molar-refractivity contribution in [3.05, 3.63) is 29.8 Å². The zero-order chi connectivity index (χ0) is 18.2. The van der Waals surface area contributed by atoms with Gasteiger partial charge in [0.05, 0.1) is 12.2 Å². The molecular weight excluding hydrogens is 320 g/mol. The first-order chi connectivity index (χ1) is 11.7. The van der Waals surface area contributed by atoms with Crippen molar-refractivity contribution >= 4 is 17.7 Å². The minimum atomic E-state index is -0.452. The summed E-state index contributed by atoms with van der Waals surface area (Å²) in [5, 5.41) is 0. The Hall–Kier alpha value is -2.24. The number of benzene rings is 1. The maximum absolute atomic E-state index is 12.0. The van der Waals surface area contributed by atoms with E-state index in [1.807, 2.05) is 32.9 Å². The van der Waals surface area contributed by atoms with Gasteiger partial charge in [0.15, 0.2) is 0 Å². The monoisotopic (exact) mass is 346 g/mol. The van der Waals surface area contributed by atoms with E-state index in [1.54, 1.807) is 24.0 Å². The van der Waals surface area contributed by atoms with Crippen molar-refractivity contribution < 1.29 is 19.1 Å². The molecule has 6 heteroatoms. The molecule has 0 N–H and O–H groups in total. The van der Waals surface area contributed by atoms with Crippen molar-refractivity contribution in [2.75, 3.05) is 37.7 Å². The summed E-state index contributed by atoms with van der Waals surface area (Å²) in [5.74, 6) is -0.291. The van der Waals surface area contributed by atoms with Crippen molar-refractivity contribution in [2.24, 2.45) is 5.41 Å². The Bertz CT molecular complexity index is 649. The number of nitrogens with zero attached hydrogens (tertiary/aromatic N) is 2. The van der Waals surface area contributed by atoms with Crippen LogP contribution in [-0.2, 0) is 9.47 Å². The molecule has 25 heavy (non-hydrogen) atoms. The van der Waals surface area contributed by atoms with Gasteiger partial charge in [-0.2, -0.15) is 0 Å². The molecule has 2 aliphatic rings. The third kappa shape index (κ3) is 3.72. The zero-order valence-corrected chi connectivity index (χ0v) is 15.4. The molecular formula is C19H26N2O4. The van der Waals surface area contributed by atoms with Gasteiger partial charge in [-0.05, 0) is 52.0 Å². The smallest absolute Gasteiger partial charge is 0.410 e. The van der Waals surface area contributed by atoms with E-state index in [2.05, 4.69) is 4.90 Å². The second-order valence-corrected chi connectivity index (χ2v) is 7.96. The molecule has 1 amide bonds. The van der Waals surface area contributed by atoms with Crippen LogP contribution >= 0.6 is 0 Å². The van der Waals surface area contributed by atoms with E-state index >= 15 is 0 Å². The Morgan fingerprint density at radius 1 is 1.08 bits per heavy atom. The van der Waals surface area contributed by atoms with E-state index in [4.69, 9.17) is 9.47 Å². The van der Waals surface area contributed by atoms with Crippen molar-refractivity contribution in [3.63, 3.8) is 0 Å². The molecule has 2 aliphatic heterocycles. The Labute approximate surface area is 148 Å². The number of ether oxygens (including phenoxy) is 2. The lowest BCUT2D eigenvalue weighted by molar-refractivity contribution is -0.0453. The third-order valence-electron chi connectivity index (χ3n) is 4.50. The lowest BCUT2D eigenvalue weighted by atomic mass is 9.73. The van der Waals surface area contributed by atoms with Gasteiger partial charge >= 0.3 is 12.1 Å².